The van der Waals surface area contributed by atoms with Gasteiger partial charge in [-0.25, -0.2) is 4.98 Å². The minimum Gasteiger partial charge on any atom is -0.496 e. The quantitative estimate of drug-likeness (QED) is 0.916. The van der Waals surface area contributed by atoms with E-state index < -0.39 is 0 Å². The molecule has 1 aliphatic rings. The van der Waals surface area contributed by atoms with E-state index in [0.29, 0.717) is 6.54 Å². The number of carbonyl (C=O) groups excluding carboxylic acids is 1. The number of methoxy groups -OCH3 is 1. The van der Waals surface area contributed by atoms with Gasteiger partial charge in [0.15, 0.2) is 0 Å². The minimum atomic E-state index is 0.0573. The number of nitrogens with one attached hydrogen (secondary N) is 1. The predicted molar refractivity (Wildman–Crippen MR) is 83.7 cm³/mol. The van der Waals surface area contributed by atoms with E-state index in [-0.39, 0.29) is 11.8 Å². The molecule has 0 bridgehead atoms. The molecule has 5 nitrogen and oxygen atoms in total. The van der Waals surface area contributed by atoms with Crippen molar-refractivity contribution in [2.45, 2.75) is 25.8 Å². The van der Waals surface area contributed by atoms with Gasteiger partial charge in [0.25, 0.3) is 0 Å². The Labute approximate surface area is 130 Å². The van der Waals surface area contributed by atoms with E-state index in [1.54, 1.807) is 7.11 Å². The van der Waals surface area contributed by atoms with Gasteiger partial charge in [0.1, 0.15) is 5.75 Å². The smallest absolute Gasteiger partial charge is 0.223 e. The van der Waals surface area contributed by atoms with Crippen LogP contribution in [0.3, 0.4) is 0 Å². The molecule has 116 valence electrons. The van der Waals surface area contributed by atoms with Crippen molar-refractivity contribution in [1.29, 1.82) is 0 Å². The fraction of sp³-hybridized carbons (Fsp3) is 0.412. The first-order chi connectivity index (χ1) is 10.8. The number of para-hydroxylation sites is 1. The summed E-state index contributed by atoms with van der Waals surface area (Å²) in [6.45, 7) is 1.51. The number of amides is 1. The van der Waals surface area contributed by atoms with Gasteiger partial charge in [0, 0.05) is 37.3 Å². The number of benzene rings is 1. The molecule has 0 fully saturated rings. The van der Waals surface area contributed by atoms with Crippen LogP contribution in [0.15, 0.2) is 36.8 Å². The zero-order chi connectivity index (χ0) is 15.4. The summed E-state index contributed by atoms with van der Waals surface area (Å²) in [5.41, 5.74) is 2.27. The van der Waals surface area contributed by atoms with Crippen molar-refractivity contribution in [1.82, 2.24) is 14.9 Å². The Kier molecular flexibility index (Phi) is 4.42. The van der Waals surface area contributed by atoms with Crippen molar-refractivity contribution in [2.75, 3.05) is 13.7 Å². The third kappa shape index (κ3) is 3.13. The zero-order valence-corrected chi connectivity index (χ0v) is 12.8. The Balaban J connectivity index is 1.51. The van der Waals surface area contributed by atoms with Crippen molar-refractivity contribution >= 4 is 5.91 Å². The second-order valence-corrected chi connectivity index (χ2v) is 5.62. The topological polar surface area (TPSA) is 56.1 Å². The first-order valence-corrected chi connectivity index (χ1v) is 7.66. The first kappa shape index (κ1) is 14.6. The van der Waals surface area contributed by atoms with Crippen LogP contribution in [0, 0.1) is 5.92 Å². The lowest BCUT2D eigenvalue weighted by Crippen LogP contribution is -2.36. The summed E-state index contributed by atoms with van der Waals surface area (Å²) in [6, 6.07) is 7.91. The maximum absolute atomic E-state index is 12.3. The molecule has 1 aromatic heterocycles. The van der Waals surface area contributed by atoms with E-state index in [2.05, 4.69) is 14.9 Å². The van der Waals surface area contributed by atoms with E-state index in [4.69, 9.17) is 4.74 Å². The fourth-order valence-corrected chi connectivity index (χ4v) is 2.97. The van der Waals surface area contributed by atoms with E-state index in [1.165, 1.54) is 0 Å². The van der Waals surface area contributed by atoms with Gasteiger partial charge in [-0.15, -0.1) is 0 Å². The molecule has 0 aliphatic carbocycles. The number of fused-ring (bicyclic) bond motifs is 1. The SMILES string of the molecule is COc1ccccc1CCNC(=O)C1CCn2cncc2C1. The maximum Gasteiger partial charge on any atom is 0.223 e. The number of hydrogen-bond donors (Lipinski definition) is 1. The molecule has 3 rings (SSSR count). The number of imidazole rings is 1. The van der Waals surface area contributed by atoms with Gasteiger partial charge in [0.2, 0.25) is 5.91 Å². The molecule has 1 N–H and O–H groups in total. The highest BCUT2D eigenvalue weighted by Gasteiger charge is 2.24. The lowest BCUT2D eigenvalue weighted by atomic mass is 9.95. The van der Waals surface area contributed by atoms with Crippen LogP contribution in [0.5, 0.6) is 5.75 Å². The van der Waals surface area contributed by atoms with E-state index in [0.717, 1.165) is 42.8 Å². The summed E-state index contributed by atoms with van der Waals surface area (Å²) in [4.78, 5) is 16.4. The maximum atomic E-state index is 12.3. The van der Waals surface area contributed by atoms with Gasteiger partial charge in [-0.2, -0.15) is 0 Å². The Morgan fingerprint density at radius 3 is 3.18 bits per heavy atom. The number of carbonyl (C=O) groups is 1. The van der Waals surface area contributed by atoms with Crippen molar-refractivity contribution in [3.8, 4) is 5.75 Å². The average molecular weight is 299 g/mol. The lowest BCUT2D eigenvalue weighted by Gasteiger charge is -2.23. The highest BCUT2D eigenvalue weighted by atomic mass is 16.5. The Bertz CT molecular complexity index is 651. The van der Waals surface area contributed by atoms with Crippen LogP contribution in [0.1, 0.15) is 17.7 Å². The lowest BCUT2D eigenvalue weighted by molar-refractivity contribution is -0.125. The van der Waals surface area contributed by atoms with Crippen LogP contribution in [-0.2, 0) is 24.2 Å². The molecule has 2 heterocycles. The molecule has 5 heteroatoms. The molecule has 0 saturated carbocycles. The molecule has 0 saturated heterocycles. The molecular weight excluding hydrogens is 278 g/mol. The van der Waals surface area contributed by atoms with Gasteiger partial charge < -0.3 is 14.6 Å². The summed E-state index contributed by atoms with van der Waals surface area (Å²) in [5, 5.41) is 3.05. The average Bonchev–Trinajstić information content (AvgIpc) is 3.02. The molecule has 22 heavy (non-hydrogen) atoms. The van der Waals surface area contributed by atoms with Crippen LogP contribution in [0.25, 0.3) is 0 Å². The van der Waals surface area contributed by atoms with Gasteiger partial charge in [-0.05, 0) is 24.5 Å². The highest BCUT2D eigenvalue weighted by molar-refractivity contribution is 5.79. The third-order valence-corrected chi connectivity index (χ3v) is 4.23. The fourth-order valence-electron chi connectivity index (χ4n) is 2.97. The minimum absolute atomic E-state index is 0.0573. The number of nitrogens with zero attached hydrogens (tertiary/aromatic N) is 2. The Hall–Kier alpha value is -2.30. The van der Waals surface area contributed by atoms with E-state index in [9.17, 15) is 4.79 Å². The monoisotopic (exact) mass is 299 g/mol. The van der Waals surface area contributed by atoms with Gasteiger partial charge >= 0.3 is 0 Å². The molecular formula is C17H21N3O2. The van der Waals surface area contributed by atoms with E-state index >= 15 is 0 Å². The van der Waals surface area contributed by atoms with Crippen LogP contribution in [0.2, 0.25) is 0 Å². The van der Waals surface area contributed by atoms with E-state index in [1.807, 2.05) is 36.8 Å². The largest absolute Gasteiger partial charge is 0.496 e. The number of aromatic nitrogens is 2. The van der Waals surface area contributed by atoms with Crippen molar-refractivity contribution in [2.24, 2.45) is 5.92 Å². The number of rotatable bonds is 5. The predicted octanol–water partition coefficient (Wildman–Crippen LogP) is 1.81. The summed E-state index contributed by atoms with van der Waals surface area (Å²) in [6.07, 6.45) is 6.13. The van der Waals surface area contributed by atoms with Crippen LogP contribution >= 0.6 is 0 Å². The summed E-state index contributed by atoms with van der Waals surface area (Å²) in [5.74, 6) is 1.07. The molecule has 1 amide bonds. The zero-order valence-electron chi connectivity index (χ0n) is 12.8. The van der Waals surface area contributed by atoms with Crippen molar-refractivity contribution < 1.29 is 9.53 Å². The van der Waals surface area contributed by atoms with Crippen molar-refractivity contribution in [3.63, 3.8) is 0 Å². The number of hydrogen-bond acceptors (Lipinski definition) is 3. The molecule has 1 unspecified atom stereocenters. The van der Waals surface area contributed by atoms with Gasteiger partial charge in [-0.3, -0.25) is 4.79 Å². The summed E-state index contributed by atoms with van der Waals surface area (Å²) >= 11 is 0. The molecule has 0 radical (unpaired) electrons. The standard InChI is InChI=1S/C17H21N3O2/c1-22-16-5-3-2-4-13(16)6-8-19-17(21)14-7-9-20-12-18-11-15(20)10-14/h2-5,11-12,14H,6-10H2,1H3,(H,19,21). The highest BCUT2D eigenvalue weighted by Crippen LogP contribution is 2.20. The van der Waals surface area contributed by atoms with Gasteiger partial charge in [-0.1, -0.05) is 18.2 Å². The second kappa shape index (κ2) is 6.64. The number of aryl methyl sites for hydroxylation is 1. The molecule has 1 aliphatic heterocycles. The van der Waals surface area contributed by atoms with Crippen LogP contribution in [0.4, 0.5) is 0 Å². The number of ether oxygens (including phenoxy) is 1. The molecule has 1 atom stereocenters. The summed E-state index contributed by atoms with van der Waals surface area (Å²) in [7, 11) is 1.67. The Morgan fingerprint density at radius 1 is 1.45 bits per heavy atom. The Morgan fingerprint density at radius 2 is 2.32 bits per heavy atom. The molecule has 0 spiro atoms. The second-order valence-electron chi connectivity index (χ2n) is 5.62. The third-order valence-electron chi connectivity index (χ3n) is 4.23. The molecule has 1 aromatic carbocycles. The molecule has 2 aromatic rings. The normalized spacial score (nSPS) is 16.9. The van der Waals surface area contributed by atoms with Crippen molar-refractivity contribution in [3.05, 3.63) is 48.0 Å². The van der Waals surface area contributed by atoms with Crippen LogP contribution in [-0.4, -0.2) is 29.1 Å². The first-order valence-electron chi connectivity index (χ1n) is 7.66. The van der Waals surface area contributed by atoms with Gasteiger partial charge in [0.05, 0.1) is 13.4 Å². The summed E-state index contributed by atoms with van der Waals surface area (Å²) < 4.78 is 7.45. The van der Waals surface area contributed by atoms with Crippen LogP contribution < -0.4 is 10.1 Å².